The van der Waals surface area contributed by atoms with Crippen LogP contribution in [0.1, 0.15) is 12.8 Å². The number of benzene rings is 1. The summed E-state index contributed by atoms with van der Waals surface area (Å²) in [6.45, 7) is 5.34. The molecule has 0 atom stereocenters. The van der Waals surface area contributed by atoms with Gasteiger partial charge in [0.2, 0.25) is 5.91 Å². The summed E-state index contributed by atoms with van der Waals surface area (Å²) >= 11 is 0. The molecule has 1 aromatic carbocycles. The van der Waals surface area contributed by atoms with Gasteiger partial charge in [0.05, 0.1) is 13.2 Å². The topological polar surface area (TPSA) is 54.0 Å². The molecular formula is C18H28ClN3O3. The number of methoxy groups -OCH3 is 1. The molecule has 1 amide bonds. The SMILES string of the molecule is COc1cccc(N2CCN(C(=O)COC3CCNCC3)CC2)c1.Cl. The molecule has 0 radical (unpaired) electrons. The van der Waals surface area contributed by atoms with E-state index in [9.17, 15) is 4.79 Å². The van der Waals surface area contributed by atoms with Gasteiger partial charge in [-0.3, -0.25) is 4.79 Å². The van der Waals surface area contributed by atoms with Gasteiger partial charge in [0.15, 0.2) is 0 Å². The van der Waals surface area contributed by atoms with Crippen molar-refractivity contribution in [3.05, 3.63) is 24.3 Å². The molecule has 25 heavy (non-hydrogen) atoms. The third kappa shape index (κ3) is 5.49. The highest BCUT2D eigenvalue weighted by Gasteiger charge is 2.23. The van der Waals surface area contributed by atoms with E-state index in [-0.39, 0.29) is 31.0 Å². The van der Waals surface area contributed by atoms with Crippen LogP contribution in [0, 0.1) is 0 Å². The number of halogens is 1. The van der Waals surface area contributed by atoms with Gasteiger partial charge >= 0.3 is 0 Å². The number of rotatable bonds is 5. The van der Waals surface area contributed by atoms with Crippen molar-refractivity contribution in [2.24, 2.45) is 0 Å². The maximum absolute atomic E-state index is 12.3. The van der Waals surface area contributed by atoms with Crippen LogP contribution in [-0.2, 0) is 9.53 Å². The first kappa shape index (κ1) is 19.8. The molecule has 7 heteroatoms. The third-order valence-corrected chi connectivity index (χ3v) is 4.78. The average Bonchev–Trinajstić information content (AvgIpc) is 2.67. The minimum absolute atomic E-state index is 0. The van der Waals surface area contributed by atoms with Crippen LogP contribution >= 0.6 is 12.4 Å². The van der Waals surface area contributed by atoms with Crippen molar-refractivity contribution in [3.8, 4) is 5.75 Å². The zero-order valence-corrected chi connectivity index (χ0v) is 15.6. The van der Waals surface area contributed by atoms with Crippen molar-refractivity contribution in [1.82, 2.24) is 10.2 Å². The van der Waals surface area contributed by atoms with Gasteiger partial charge in [-0.1, -0.05) is 6.07 Å². The lowest BCUT2D eigenvalue weighted by atomic mass is 10.1. The first-order chi connectivity index (χ1) is 11.8. The van der Waals surface area contributed by atoms with E-state index in [1.54, 1.807) is 7.11 Å². The van der Waals surface area contributed by atoms with Crippen molar-refractivity contribution in [1.29, 1.82) is 0 Å². The predicted octanol–water partition coefficient (Wildman–Crippen LogP) is 1.53. The Morgan fingerprint density at radius 3 is 2.60 bits per heavy atom. The second-order valence-electron chi connectivity index (χ2n) is 6.33. The standard InChI is InChI=1S/C18H27N3O3.ClH/c1-23-17-4-2-3-15(13-17)20-9-11-21(12-10-20)18(22)14-24-16-5-7-19-8-6-16;/h2-4,13,16,19H,5-12,14H2,1H3;1H. The summed E-state index contributed by atoms with van der Waals surface area (Å²) < 4.78 is 11.1. The number of nitrogens with one attached hydrogen (secondary N) is 1. The molecule has 6 nitrogen and oxygen atoms in total. The van der Waals surface area contributed by atoms with E-state index in [4.69, 9.17) is 9.47 Å². The summed E-state index contributed by atoms with van der Waals surface area (Å²) in [5, 5.41) is 3.30. The molecule has 0 spiro atoms. The van der Waals surface area contributed by atoms with Crippen LogP contribution in [0.3, 0.4) is 0 Å². The van der Waals surface area contributed by atoms with Crippen LogP contribution in [0.5, 0.6) is 5.75 Å². The molecule has 2 aliphatic heterocycles. The quantitative estimate of drug-likeness (QED) is 0.853. The normalized spacial score (nSPS) is 18.6. The number of hydrogen-bond donors (Lipinski definition) is 1. The molecule has 2 aliphatic rings. The van der Waals surface area contributed by atoms with Crippen LogP contribution in [-0.4, -0.2) is 69.9 Å². The van der Waals surface area contributed by atoms with E-state index in [1.165, 1.54) is 0 Å². The fourth-order valence-corrected chi connectivity index (χ4v) is 3.26. The molecule has 0 aromatic heterocycles. The van der Waals surface area contributed by atoms with Crippen LogP contribution in [0.15, 0.2) is 24.3 Å². The lowest BCUT2D eigenvalue weighted by Gasteiger charge is -2.36. The summed E-state index contributed by atoms with van der Waals surface area (Å²) in [4.78, 5) is 16.5. The largest absolute Gasteiger partial charge is 0.497 e. The fourth-order valence-electron chi connectivity index (χ4n) is 3.26. The van der Waals surface area contributed by atoms with Gasteiger partial charge in [-0.15, -0.1) is 12.4 Å². The Balaban J connectivity index is 0.00000225. The number of anilines is 1. The first-order valence-corrected chi connectivity index (χ1v) is 8.75. The number of piperazine rings is 1. The summed E-state index contributed by atoms with van der Waals surface area (Å²) in [6, 6.07) is 8.07. The van der Waals surface area contributed by atoms with Gasteiger partial charge in [0, 0.05) is 37.9 Å². The van der Waals surface area contributed by atoms with Crippen molar-refractivity contribution in [2.45, 2.75) is 18.9 Å². The van der Waals surface area contributed by atoms with Gasteiger partial charge in [-0.25, -0.2) is 0 Å². The smallest absolute Gasteiger partial charge is 0.248 e. The molecule has 2 fully saturated rings. The highest BCUT2D eigenvalue weighted by molar-refractivity contribution is 5.85. The number of piperidine rings is 1. The zero-order valence-electron chi connectivity index (χ0n) is 14.8. The Morgan fingerprint density at radius 1 is 1.20 bits per heavy atom. The molecule has 3 rings (SSSR count). The van der Waals surface area contributed by atoms with Gasteiger partial charge in [0.25, 0.3) is 0 Å². The lowest BCUT2D eigenvalue weighted by Crippen LogP contribution is -2.50. The lowest BCUT2D eigenvalue weighted by molar-refractivity contribution is -0.139. The third-order valence-electron chi connectivity index (χ3n) is 4.78. The van der Waals surface area contributed by atoms with E-state index in [0.29, 0.717) is 0 Å². The van der Waals surface area contributed by atoms with Crippen molar-refractivity contribution in [3.63, 3.8) is 0 Å². The molecule has 1 aromatic rings. The van der Waals surface area contributed by atoms with Crippen LogP contribution in [0.25, 0.3) is 0 Å². The Labute approximate surface area is 155 Å². The van der Waals surface area contributed by atoms with E-state index < -0.39 is 0 Å². The Kier molecular flexibility index (Phi) is 7.81. The fraction of sp³-hybridized carbons (Fsp3) is 0.611. The van der Waals surface area contributed by atoms with E-state index in [2.05, 4.69) is 16.3 Å². The number of carbonyl (C=O) groups excluding carboxylic acids is 1. The van der Waals surface area contributed by atoms with E-state index >= 15 is 0 Å². The number of amides is 1. The van der Waals surface area contributed by atoms with Gasteiger partial charge in [0.1, 0.15) is 12.4 Å². The Morgan fingerprint density at radius 2 is 1.92 bits per heavy atom. The van der Waals surface area contributed by atoms with Crippen molar-refractivity contribution < 1.29 is 14.3 Å². The minimum atomic E-state index is 0. The van der Waals surface area contributed by atoms with Gasteiger partial charge < -0.3 is 24.6 Å². The molecule has 0 saturated carbocycles. The number of hydrogen-bond acceptors (Lipinski definition) is 5. The minimum Gasteiger partial charge on any atom is -0.497 e. The van der Waals surface area contributed by atoms with E-state index in [1.807, 2.05) is 23.1 Å². The van der Waals surface area contributed by atoms with Crippen LogP contribution in [0.4, 0.5) is 5.69 Å². The summed E-state index contributed by atoms with van der Waals surface area (Å²) in [7, 11) is 1.68. The van der Waals surface area contributed by atoms with Gasteiger partial charge in [-0.2, -0.15) is 0 Å². The average molecular weight is 370 g/mol. The predicted molar refractivity (Wildman–Crippen MR) is 101 cm³/mol. The van der Waals surface area contributed by atoms with Crippen molar-refractivity contribution >= 4 is 24.0 Å². The second-order valence-corrected chi connectivity index (χ2v) is 6.33. The molecule has 0 aliphatic carbocycles. The molecular weight excluding hydrogens is 342 g/mol. The number of nitrogens with zero attached hydrogens (tertiary/aromatic N) is 2. The number of ether oxygens (including phenoxy) is 2. The van der Waals surface area contributed by atoms with Crippen LogP contribution in [0.2, 0.25) is 0 Å². The zero-order chi connectivity index (χ0) is 16.8. The van der Waals surface area contributed by atoms with Crippen LogP contribution < -0.4 is 15.0 Å². The highest BCUT2D eigenvalue weighted by Crippen LogP contribution is 2.22. The Hall–Kier alpha value is -1.50. The molecule has 2 heterocycles. The maximum Gasteiger partial charge on any atom is 0.248 e. The highest BCUT2D eigenvalue weighted by atomic mass is 35.5. The Bertz CT molecular complexity index is 544. The summed E-state index contributed by atoms with van der Waals surface area (Å²) in [5.41, 5.74) is 1.15. The summed E-state index contributed by atoms with van der Waals surface area (Å²) in [6.07, 6.45) is 2.22. The molecule has 0 bridgehead atoms. The molecule has 0 unspecified atom stereocenters. The molecule has 1 N–H and O–H groups in total. The van der Waals surface area contributed by atoms with E-state index in [0.717, 1.165) is 63.5 Å². The summed E-state index contributed by atoms with van der Waals surface area (Å²) in [5.74, 6) is 0.972. The number of carbonyl (C=O) groups is 1. The second kappa shape index (κ2) is 9.85. The monoisotopic (exact) mass is 369 g/mol. The van der Waals surface area contributed by atoms with Crippen molar-refractivity contribution in [2.75, 3.05) is 57.9 Å². The molecule has 140 valence electrons. The van der Waals surface area contributed by atoms with Gasteiger partial charge in [-0.05, 0) is 38.1 Å². The molecule has 2 saturated heterocycles. The first-order valence-electron chi connectivity index (χ1n) is 8.75. The maximum atomic E-state index is 12.3.